The number of fused-ring (bicyclic) bond motifs is 1. The molecule has 1 fully saturated rings. The van der Waals surface area contributed by atoms with E-state index < -0.39 is 5.60 Å². The minimum Gasteiger partial charge on any atom is -0.489 e. The molecule has 1 aliphatic carbocycles. The van der Waals surface area contributed by atoms with Gasteiger partial charge in [-0.2, -0.15) is 0 Å². The first kappa shape index (κ1) is 20.1. The monoisotopic (exact) mass is 430 g/mol. The standard InChI is InChI=1S/C27H26O3S/c28-27(16-7-2-8-17-27)26-25(23-14-5-6-15-24(23)31-26)30-22-13-9-12-21(18-22)29-19-20-10-3-1-4-11-20/h1,3-6,9-15,18,28H,2,7-8,16-17,19H2. The first-order chi connectivity index (χ1) is 15.2. The van der Waals surface area contributed by atoms with Crippen LogP contribution >= 0.6 is 11.3 Å². The van der Waals surface area contributed by atoms with Gasteiger partial charge in [0.05, 0.1) is 4.88 Å². The maximum absolute atomic E-state index is 11.5. The Morgan fingerprint density at radius 3 is 2.39 bits per heavy atom. The van der Waals surface area contributed by atoms with Crippen molar-refractivity contribution in [3.05, 3.63) is 89.3 Å². The van der Waals surface area contributed by atoms with E-state index in [4.69, 9.17) is 9.47 Å². The summed E-state index contributed by atoms with van der Waals surface area (Å²) in [4.78, 5) is 0.948. The van der Waals surface area contributed by atoms with Crippen LogP contribution in [-0.4, -0.2) is 5.11 Å². The third-order valence-corrected chi connectivity index (χ3v) is 7.27. The lowest BCUT2D eigenvalue weighted by Crippen LogP contribution is -2.27. The molecule has 0 amide bonds. The van der Waals surface area contributed by atoms with Gasteiger partial charge in [0.1, 0.15) is 23.7 Å². The third kappa shape index (κ3) is 4.32. The summed E-state index contributed by atoms with van der Waals surface area (Å²) in [5.74, 6) is 2.26. The Morgan fingerprint density at radius 2 is 1.55 bits per heavy atom. The highest BCUT2D eigenvalue weighted by atomic mass is 32.1. The van der Waals surface area contributed by atoms with Crippen molar-refractivity contribution in [3.63, 3.8) is 0 Å². The summed E-state index contributed by atoms with van der Waals surface area (Å²) in [5, 5.41) is 12.5. The van der Waals surface area contributed by atoms with Gasteiger partial charge >= 0.3 is 0 Å². The van der Waals surface area contributed by atoms with Crippen LogP contribution in [0.1, 0.15) is 42.5 Å². The van der Waals surface area contributed by atoms with E-state index in [-0.39, 0.29) is 0 Å². The van der Waals surface area contributed by atoms with Crippen molar-refractivity contribution in [1.82, 2.24) is 0 Å². The molecule has 1 aliphatic rings. The molecule has 0 unspecified atom stereocenters. The van der Waals surface area contributed by atoms with Gasteiger partial charge < -0.3 is 14.6 Å². The summed E-state index contributed by atoms with van der Waals surface area (Å²) in [6.07, 6.45) is 4.86. The molecule has 1 saturated carbocycles. The smallest absolute Gasteiger partial charge is 0.152 e. The zero-order chi connectivity index (χ0) is 21.1. The van der Waals surface area contributed by atoms with E-state index in [2.05, 4.69) is 24.3 Å². The Kier molecular flexibility index (Phi) is 5.66. The van der Waals surface area contributed by atoms with Gasteiger partial charge in [-0.1, -0.05) is 67.8 Å². The molecule has 5 rings (SSSR count). The molecule has 4 aromatic rings. The van der Waals surface area contributed by atoms with Gasteiger partial charge in [0, 0.05) is 16.2 Å². The van der Waals surface area contributed by atoms with Crippen molar-refractivity contribution >= 4 is 21.4 Å². The SMILES string of the molecule is OC1(c2sc3ccccc3c2Oc2cccc(OCc3ccccc3)c2)CCCCC1. The third-order valence-electron chi connectivity index (χ3n) is 5.93. The van der Waals surface area contributed by atoms with Gasteiger partial charge in [0.25, 0.3) is 0 Å². The van der Waals surface area contributed by atoms with Crippen LogP contribution < -0.4 is 9.47 Å². The quantitative estimate of drug-likeness (QED) is 0.346. The van der Waals surface area contributed by atoms with Gasteiger partial charge in [0.15, 0.2) is 5.75 Å². The maximum atomic E-state index is 11.5. The summed E-state index contributed by atoms with van der Waals surface area (Å²) >= 11 is 1.65. The van der Waals surface area contributed by atoms with Crippen LogP contribution in [0, 0.1) is 0 Å². The molecule has 1 aromatic heterocycles. The van der Waals surface area contributed by atoms with Crippen LogP contribution in [0.25, 0.3) is 10.1 Å². The predicted molar refractivity (Wildman–Crippen MR) is 126 cm³/mol. The molecule has 3 nitrogen and oxygen atoms in total. The highest BCUT2D eigenvalue weighted by molar-refractivity contribution is 7.19. The maximum Gasteiger partial charge on any atom is 0.152 e. The molecule has 158 valence electrons. The van der Waals surface area contributed by atoms with E-state index in [1.807, 2.05) is 54.6 Å². The lowest BCUT2D eigenvalue weighted by atomic mass is 9.83. The molecule has 0 saturated heterocycles. The van der Waals surface area contributed by atoms with Crippen molar-refractivity contribution in [1.29, 1.82) is 0 Å². The summed E-state index contributed by atoms with van der Waals surface area (Å²) in [6, 6.07) is 26.1. The first-order valence-electron chi connectivity index (χ1n) is 10.9. The van der Waals surface area contributed by atoms with E-state index in [1.54, 1.807) is 11.3 Å². The van der Waals surface area contributed by atoms with Crippen molar-refractivity contribution in [2.75, 3.05) is 0 Å². The van der Waals surface area contributed by atoms with Crippen molar-refractivity contribution in [2.45, 2.75) is 44.3 Å². The molecule has 1 N–H and O–H groups in total. The number of hydrogen-bond acceptors (Lipinski definition) is 4. The minimum atomic E-state index is -0.807. The molecular formula is C27H26O3S. The molecular weight excluding hydrogens is 404 g/mol. The van der Waals surface area contributed by atoms with Crippen LogP contribution in [-0.2, 0) is 12.2 Å². The number of aliphatic hydroxyl groups is 1. The fourth-order valence-corrected chi connectivity index (χ4v) is 5.56. The summed E-state index contributed by atoms with van der Waals surface area (Å²) in [5.41, 5.74) is 0.318. The van der Waals surface area contributed by atoms with Crippen molar-refractivity contribution in [3.8, 4) is 17.2 Å². The van der Waals surface area contributed by atoms with Crippen molar-refractivity contribution in [2.24, 2.45) is 0 Å². The highest BCUT2D eigenvalue weighted by Gasteiger charge is 2.36. The Morgan fingerprint density at radius 1 is 0.806 bits per heavy atom. The van der Waals surface area contributed by atoms with Gasteiger partial charge in [-0.3, -0.25) is 0 Å². The van der Waals surface area contributed by atoms with Crippen molar-refractivity contribution < 1.29 is 14.6 Å². The molecule has 31 heavy (non-hydrogen) atoms. The molecule has 4 heteroatoms. The zero-order valence-corrected chi connectivity index (χ0v) is 18.2. The summed E-state index contributed by atoms with van der Waals surface area (Å²) < 4.78 is 13.6. The van der Waals surface area contributed by atoms with E-state index in [9.17, 15) is 5.11 Å². The fourth-order valence-electron chi connectivity index (χ4n) is 4.28. The van der Waals surface area contributed by atoms with Crippen LogP contribution in [0.5, 0.6) is 17.2 Å². The second-order valence-electron chi connectivity index (χ2n) is 8.20. The molecule has 0 aliphatic heterocycles. The lowest BCUT2D eigenvalue weighted by Gasteiger charge is -2.31. The number of hydrogen-bond donors (Lipinski definition) is 1. The number of ether oxygens (including phenoxy) is 2. The van der Waals surface area contributed by atoms with E-state index >= 15 is 0 Å². The topological polar surface area (TPSA) is 38.7 Å². The second-order valence-corrected chi connectivity index (χ2v) is 9.25. The molecule has 0 spiro atoms. The molecule has 1 heterocycles. The highest BCUT2D eigenvalue weighted by Crippen LogP contribution is 2.50. The van der Waals surface area contributed by atoms with Crippen LogP contribution in [0.15, 0.2) is 78.9 Å². The Bertz CT molecular complexity index is 1160. The molecule has 0 bridgehead atoms. The summed E-state index contributed by atoms with van der Waals surface area (Å²) in [6.45, 7) is 0.511. The molecule has 0 atom stereocenters. The summed E-state index contributed by atoms with van der Waals surface area (Å²) in [7, 11) is 0. The molecule has 0 radical (unpaired) electrons. The van der Waals surface area contributed by atoms with Gasteiger partial charge in [-0.05, 0) is 42.7 Å². The average Bonchev–Trinajstić information content (AvgIpc) is 3.19. The van der Waals surface area contributed by atoms with Gasteiger partial charge in [-0.25, -0.2) is 0 Å². The predicted octanol–water partition coefficient (Wildman–Crippen LogP) is 7.42. The minimum absolute atomic E-state index is 0.511. The Labute approximate surface area is 186 Å². The fraction of sp³-hybridized carbons (Fsp3) is 0.259. The van der Waals surface area contributed by atoms with Gasteiger partial charge in [-0.15, -0.1) is 11.3 Å². The first-order valence-corrected chi connectivity index (χ1v) is 11.7. The normalized spacial score (nSPS) is 15.6. The zero-order valence-electron chi connectivity index (χ0n) is 17.4. The largest absolute Gasteiger partial charge is 0.489 e. The lowest BCUT2D eigenvalue weighted by molar-refractivity contribution is 0.00147. The van der Waals surface area contributed by atoms with E-state index in [0.29, 0.717) is 6.61 Å². The van der Waals surface area contributed by atoms with Crippen LogP contribution in [0.3, 0.4) is 0 Å². The van der Waals surface area contributed by atoms with Crippen LogP contribution in [0.4, 0.5) is 0 Å². The number of rotatable bonds is 6. The van der Waals surface area contributed by atoms with Crippen LogP contribution in [0.2, 0.25) is 0 Å². The average molecular weight is 431 g/mol. The Balaban J connectivity index is 1.44. The van der Waals surface area contributed by atoms with E-state index in [1.165, 1.54) is 6.42 Å². The van der Waals surface area contributed by atoms with Gasteiger partial charge in [0.2, 0.25) is 0 Å². The molecule has 3 aromatic carbocycles. The number of benzene rings is 3. The second kappa shape index (κ2) is 8.74. The number of thiophene rings is 1. The van der Waals surface area contributed by atoms with E-state index in [0.717, 1.165) is 63.5 Å². The Hall–Kier alpha value is -2.82.